The van der Waals surface area contributed by atoms with Gasteiger partial charge in [0, 0.05) is 25.2 Å². The van der Waals surface area contributed by atoms with Gasteiger partial charge in [0.05, 0.1) is 6.26 Å². The highest BCUT2D eigenvalue weighted by Gasteiger charge is 2.31. The SMILES string of the molecule is Cl.O=C(c1ccco1)N1CCC2CCC(C1)N2. The zero-order valence-electron chi connectivity index (χ0n) is 9.59. The quantitative estimate of drug-likeness (QED) is 0.831. The van der Waals surface area contributed by atoms with Crippen LogP contribution in [0.3, 0.4) is 0 Å². The number of hydrogen-bond acceptors (Lipinski definition) is 3. The molecule has 3 heterocycles. The van der Waals surface area contributed by atoms with Gasteiger partial charge in [0.25, 0.3) is 5.91 Å². The number of nitrogens with zero attached hydrogens (tertiary/aromatic N) is 1. The number of nitrogens with one attached hydrogen (secondary N) is 1. The Bertz CT molecular complexity index is 380. The van der Waals surface area contributed by atoms with E-state index in [1.165, 1.54) is 12.8 Å². The van der Waals surface area contributed by atoms with Crippen LogP contribution in [0.2, 0.25) is 0 Å². The van der Waals surface area contributed by atoms with Crippen molar-refractivity contribution in [3.05, 3.63) is 24.2 Å². The van der Waals surface area contributed by atoms with Crippen molar-refractivity contribution in [1.82, 2.24) is 10.2 Å². The molecule has 2 saturated heterocycles. The van der Waals surface area contributed by atoms with Crippen LogP contribution in [0, 0.1) is 0 Å². The Morgan fingerprint density at radius 3 is 2.94 bits per heavy atom. The molecule has 3 rings (SSSR count). The van der Waals surface area contributed by atoms with Crippen molar-refractivity contribution < 1.29 is 9.21 Å². The molecule has 2 aliphatic rings. The summed E-state index contributed by atoms with van der Waals surface area (Å²) in [6.07, 6.45) is 5.05. The fraction of sp³-hybridized carbons (Fsp3) is 0.583. The van der Waals surface area contributed by atoms with Crippen molar-refractivity contribution in [1.29, 1.82) is 0 Å². The molecule has 0 aliphatic carbocycles. The van der Waals surface area contributed by atoms with E-state index >= 15 is 0 Å². The molecular weight excluding hydrogens is 240 g/mol. The molecule has 2 unspecified atom stereocenters. The van der Waals surface area contributed by atoms with E-state index in [1.807, 2.05) is 4.90 Å². The smallest absolute Gasteiger partial charge is 0.289 e. The summed E-state index contributed by atoms with van der Waals surface area (Å²) in [5.41, 5.74) is 0. The molecule has 2 aliphatic heterocycles. The van der Waals surface area contributed by atoms with E-state index in [1.54, 1.807) is 18.4 Å². The Morgan fingerprint density at radius 1 is 1.35 bits per heavy atom. The van der Waals surface area contributed by atoms with Crippen LogP contribution in [0.25, 0.3) is 0 Å². The van der Waals surface area contributed by atoms with Crippen LogP contribution >= 0.6 is 12.4 Å². The lowest BCUT2D eigenvalue weighted by Gasteiger charge is -2.23. The minimum atomic E-state index is 0. The lowest BCUT2D eigenvalue weighted by molar-refractivity contribution is 0.0716. The van der Waals surface area contributed by atoms with Gasteiger partial charge in [-0.3, -0.25) is 4.79 Å². The largest absolute Gasteiger partial charge is 0.459 e. The number of carbonyl (C=O) groups is 1. The number of halogens is 1. The topological polar surface area (TPSA) is 45.5 Å². The van der Waals surface area contributed by atoms with Gasteiger partial charge in [-0.1, -0.05) is 0 Å². The number of fused-ring (bicyclic) bond motifs is 2. The molecule has 0 aromatic carbocycles. The Kier molecular flexibility index (Phi) is 3.74. The van der Waals surface area contributed by atoms with Gasteiger partial charge < -0.3 is 14.6 Å². The molecule has 2 fully saturated rings. The maximum Gasteiger partial charge on any atom is 0.289 e. The highest BCUT2D eigenvalue weighted by atomic mass is 35.5. The predicted molar refractivity (Wildman–Crippen MR) is 66.4 cm³/mol. The lowest BCUT2D eigenvalue weighted by Crippen LogP contribution is -2.38. The third-order valence-electron chi connectivity index (χ3n) is 3.54. The summed E-state index contributed by atoms with van der Waals surface area (Å²) in [5.74, 6) is 0.483. The van der Waals surface area contributed by atoms with Crippen LogP contribution in [0.15, 0.2) is 22.8 Å². The number of carbonyl (C=O) groups excluding carboxylic acids is 1. The summed E-state index contributed by atoms with van der Waals surface area (Å²) in [7, 11) is 0. The fourth-order valence-corrected chi connectivity index (χ4v) is 2.68. The molecule has 2 atom stereocenters. The van der Waals surface area contributed by atoms with Crippen molar-refractivity contribution in [2.75, 3.05) is 13.1 Å². The Labute approximate surface area is 107 Å². The van der Waals surface area contributed by atoms with Crippen LogP contribution in [0.1, 0.15) is 29.8 Å². The highest BCUT2D eigenvalue weighted by Crippen LogP contribution is 2.21. The van der Waals surface area contributed by atoms with Crippen molar-refractivity contribution in [2.24, 2.45) is 0 Å². The summed E-state index contributed by atoms with van der Waals surface area (Å²) in [6, 6.07) is 4.58. The minimum Gasteiger partial charge on any atom is -0.459 e. The molecule has 1 aromatic rings. The average molecular weight is 257 g/mol. The second kappa shape index (κ2) is 5.10. The van der Waals surface area contributed by atoms with Gasteiger partial charge >= 0.3 is 0 Å². The second-order valence-electron chi connectivity index (χ2n) is 4.66. The number of amides is 1. The van der Waals surface area contributed by atoms with Crippen molar-refractivity contribution >= 4 is 18.3 Å². The zero-order chi connectivity index (χ0) is 11.0. The number of rotatable bonds is 1. The van der Waals surface area contributed by atoms with Crippen LogP contribution in [-0.4, -0.2) is 36.0 Å². The average Bonchev–Trinajstić information content (AvgIpc) is 2.87. The van der Waals surface area contributed by atoms with E-state index in [4.69, 9.17) is 4.42 Å². The number of hydrogen-bond donors (Lipinski definition) is 1. The summed E-state index contributed by atoms with van der Waals surface area (Å²) < 4.78 is 5.16. The van der Waals surface area contributed by atoms with Gasteiger partial charge in [-0.05, 0) is 31.4 Å². The lowest BCUT2D eigenvalue weighted by atomic mass is 10.1. The standard InChI is InChI=1S/C12H16N2O2.ClH/c15-12(11-2-1-7-16-11)14-6-5-9-3-4-10(8-14)13-9;/h1-2,7,9-10,13H,3-6,8H2;1H. The molecule has 0 radical (unpaired) electrons. The number of furan rings is 1. The maximum atomic E-state index is 12.1. The minimum absolute atomic E-state index is 0. The maximum absolute atomic E-state index is 12.1. The van der Waals surface area contributed by atoms with Gasteiger partial charge in [-0.15, -0.1) is 12.4 Å². The predicted octanol–water partition coefficient (Wildman–Crippen LogP) is 1.67. The molecule has 94 valence electrons. The number of likely N-dealkylation sites (tertiary alicyclic amines) is 1. The summed E-state index contributed by atoms with van der Waals surface area (Å²) in [6.45, 7) is 1.66. The van der Waals surface area contributed by atoms with Gasteiger partial charge in [0.2, 0.25) is 0 Å². The van der Waals surface area contributed by atoms with Crippen LogP contribution in [-0.2, 0) is 0 Å². The van der Waals surface area contributed by atoms with Gasteiger partial charge in [0.1, 0.15) is 0 Å². The van der Waals surface area contributed by atoms with Crippen LogP contribution < -0.4 is 5.32 Å². The van der Waals surface area contributed by atoms with E-state index in [-0.39, 0.29) is 18.3 Å². The molecule has 17 heavy (non-hydrogen) atoms. The van der Waals surface area contributed by atoms with Gasteiger partial charge in [-0.25, -0.2) is 0 Å². The first kappa shape index (κ1) is 12.5. The van der Waals surface area contributed by atoms with E-state index in [9.17, 15) is 4.79 Å². The monoisotopic (exact) mass is 256 g/mol. The molecule has 0 spiro atoms. The first-order valence-electron chi connectivity index (χ1n) is 5.92. The third kappa shape index (κ3) is 2.48. The van der Waals surface area contributed by atoms with Crippen molar-refractivity contribution in [3.63, 3.8) is 0 Å². The van der Waals surface area contributed by atoms with Gasteiger partial charge in [0.15, 0.2) is 5.76 Å². The third-order valence-corrected chi connectivity index (χ3v) is 3.54. The summed E-state index contributed by atoms with van der Waals surface area (Å²) >= 11 is 0. The summed E-state index contributed by atoms with van der Waals surface area (Å²) in [4.78, 5) is 14.0. The fourth-order valence-electron chi connectivity index (χ4n) is 2.68. The molecule has 0 saturated carbocycles. The first-order chi connectivity index (χ1) is 7.83. The van der Waals surface area contributed by atoms with Crippen LogP contribution in [0.4, 0.5) is 0 Å². The molecule has 1 N–H and O–H groups in total. The van der Waals surface area contributed by atoms with E-state index in [2.05, 4.69) is 5.32 Å². The molecule has 1 aromatic heterocycles. The highest BCUT2D eigenvalue weighted by molar-refractivity contribution is 5.91. The molecular formula is C12H17ClN2O2. The Morgan fingerprint density at radius 2 is 2.18 bits per heavy atom. The van der Waals surface area contributed by atoms with Gasteiger partial charge in [-0.2, -0.15) is 0 Å². The molecule has 1 amide bonds. The Balaban J connectivity index is 0.00000108. The molecule has 2 bridgehead atoms. The van der Waals surface area contributed by atoms with E-state index in [0.717, 1.165) is 19.5 Å². The van der Waals surface area contributed by atoms with E-state index in [0.29, 0.717) is 17.8 Å². The molecule has 4 nitrogen and oxygen atoms in total. The first-order valence-corrected chi connectivity index (χ1v) is 5.92. The van der Waals surface area contributed by atoms with E-state index < -0.39 is 0 Å². The Hall–Kier alpha value is -1.00. The zero-order valence-corrected chi connectivity index (χ0v) is 10.4. The summed E-state index contributed by atoms with van der Waals surface area (Å²) in [5, 5.41) is 3.56. The molecule has 5 heteroatoms. The second-order valence-corrected chi connectivity index (χ2v) is 4.66. The van der Waals surface area contributed by atoms with Crippen molar-refractivity contribution in [2.45, 2.75) is 31.3 Å². The normalized spacial score (nSPS) is 27.4. The van der Waals surface area contributed by atoms with Crippen molar-refractivity contribution in [3.8, 4) is 0 Å². The van der Waals surface area contributed by atoms with Crippen LogP contribution in [0.5, 0.6) is 0 Å².